The molecule has 1 aliphatic carbocycles. The Bertz CT molecular complexity index is 469. The standard InChI is InChI=1S/C17H25NO3/c1-12(2)21-15-5-3-4-14(10-15)16(19)11-18-17(20)9-8-13-6-7-13/h3-5,10,12-13,16,19H,6-9,11H2,1-2H3,(H,18,20). The van der Waals surface area contributed by atoms with Crippen LogP contribution in [-0.2, 0) is 4.79 Å². The molecular weight excluding hydrogens is 266 g/mol. The highest BCUT2D eigenvalue weighted by molar-refractivity contribution is 5.75. The summed E-state index contributed by atoms with van der Waals surface area (Å²) in [5.41, 5.74) is 0.760. The summed E-state index contributed by atoms with van der Waals surface area (Å²) in [5.74, 6) is 1.52. The Labute approximate surface area is 126 Å². The van der Waals surface area contributed by atoms with E-state index >= 15 is 0 Å². The van der Waals surface area contributed by atoms with Crippen LogP contribution in [0.5, 0.6) is 5.75 Å². The van der Waals surface area contributed by atoms with Gasteiger partial charge in [-0.1, -0.05) is 25.0 Å². The molecule has 0 heterocycles. The topological polar surface area (TPSA) is 58.6 Å². The summed E-state index contributed by atoms with van der Waals surface area (Å²) >= 11 is 0. The molecule has 4 heteroatoms. The van der Waals surface area contributed by atoms with Crippen molar-refractivity contribution in [1.82, 2.24) is 5.32 Å². The minimum atomic E-state index is -0.703. The lowest BCUT2D eigenvalue weighted by atomic mass is 10.1. The number of hydrogen-bond donors (Lipinski definition) is 2. The van der Waals surface area contributed by atoms with E-state index in [9.17, 15) is 9.90 Å². The molecule has 1 amide bonds. The zero-order valence-electron chi connectivity index (χ0n) is 12.8. The maximum Gasteiger partial charge on any atom is 0.220 e. The van der Waals surface area contributed by atoms with Crippen LogP contribution in [0, 0.1) is 5.92 Å². The van der Waals surface area contributed by atoms with Crippen LogP contribution in [-0.4, -0.2) is 23.7 Å². The fourth-order valence-corrected chi connectivity index (χ4v) is 2.23. The van der Waals surface area contributed by atoms with Crippen LogP contribution in [0.25, 0.3) is 0 Å². The number of rotatable bonds is 8. The zero-order chi connectivity index (χ0) is 15.2. The molecule has 116 valence electrons. The minimum Gasteiger partial charge on any atom is -0.491 e. The van der Waals surface area contributed by atoms with Crippen LogP contribution in [0.3, 0.4) is 0 Å². The van der Waals surface area contributed by atoms with Crippen LogP contribution in [0.2, 0.25) is 0 Å². The van der Waals surface area contributed by atoms with Gasteiger partial charge in [-0.3, -0.25) is 4.79 Å². The molecule has 1 saturated carbocycles. The second kappa shape index (κ2) is 7.46. The average molecular weight is 291 g/mol. The number of nitrogens with one attached hydrogen (secondary N) is 1. The first kappa shape index (κ1) is 15.8. The van der Waals surface area contributed by atoms with Gasteiger partial charge in [-0.15, -0.1) is 0 Å². The molecule has 0 aromatic heterocycles. The summed E-state index contributed by atoms with van der Waals surface area (Å²) in [6, 6.07) is 7.38. The van der Waals surface area contributed by atoms with E-state index < -0.39 is 6.10 Å². The van der Waals surface area contributed by atoms with Crippen molar-refractivity contribution < 1.29 is 14.6 Å². The summed E-state index contributed by atoms with van der Waals surface area (Å²) in [7, 11) is 0. The maximum atomic E-state index is 11.7. The molecule has 1 atom stereocenters. The van der Waals surface area contributed by atoms with Gasteiger partial charge in [0.25, 0.3) is 0 Å². The van der Waals surface area contributed by atoms with Crippen molar-refractivity contribution in [3.8, 4) is 5.75 Å². The van der Waals surface area contributed by atoms with Gasteiger partial charge in [-0.25, -0.2) is 0 Å². The summed E-state index contributed by atoms with van der Waals surface area (Å²) in [6.45, 7) is 4.17. The van der Waals surface area contributed by atoms with Gasteiger partial charge < -0.3 is 15.2 Å². The second-order valence-electron chi connectivity index (χ2n) is 6.04. The number of carbonyl (C=O) groups excluding carboxylic acids is 1. The quantitative estimate of drug-likeness (QED) is 0.774. The Kier molecular flexibility index (Phi) is 5.62. The molecule has 2 N–H and O–H groups in total. The smallest absolute Gasteiger partial charge is 0.220 e. The molecule has 0 saturated heterocycles. The SMILES string of the molecule is CC(C)Oc1cccc(C(O)CNC(=O)CCC2CC2)c1. The van der Waals surface area contributed by atoms with Crippen molar-refractivity contribution in [3.05, 3.63) is 29.8 Å². The molecule has 0 radical (unpaired) electrons. The van der Waals surface area contributed by atoms with Gasteiger partial charge in [0.1, 0.15) is 5.75 Å². The Morgan fingerprint density at radius 1 is 1.43 bits per heavy atom. The van der Waals surface area contributed by atoms with Crippen molar-refractivity contribution in [2.75, 3.05) is 6.54 Å². The third-order valence-electron chi connectivity index (χ3n) is 3.58. The maximum absolute atomic E-state index is 11.7. The van der Waals surface area contributed by atoms with Gasteiger partial charge in [-0.05, 0) is 43.9 Å². The molecule has 0 spiro atoms. The number of aliphatic hydroxyl groups is 1. The van der Waals surface area contributed by atoms with Gasteiger partial charge in [-0.2, -0.15) is 0 Å². The number of hydrogen-bond acceptors (Lipinski definition) is 3. The van der Waals surface area contributed by atoms with E-state index in [1.807, 2.05) is 38.1 Å². The minimum absolute atomic E-state index is 0.0236. The molecule has 2 rings (SSSR count). The van der Waals surface area contributed by atoms with E-state index in [-0.39, 0.29) is 18.6 Å². The van der Waals surface area contributed by atoms with E-state index in [0.717, 1.165) is 23.7 Å². The van der Waals surface area contributed by atoms with Crippen LogP contribution >= 0.6 is 0 Å². The first-order valence-corrected chi connectivity index (χ1v) is 7.76. The highest BCUT2D eigenvalue weighted by Gasteiger charge is 2.22. The molecule has 1 fully saturated rings. The van der Waals surface area contributed by atoms with E-state index in [2.05, 4.69) is 5.32 Å². The monoisotopic (exact) mass is 291 g/mol. The van der Waals surface area contributed by atoms with Gasteiger partial charge in [0.15, 0.2) is 0 Å². The number of aliphatic hydroxyl groups excluding tert-OH is 1. The molecule has 1 aliphatic rings. The fourth-order valence-electron chi connectivity index (χ4n) is 2.23. The first-order chi connectivity index (χ1) is 10.0. The number of ether oxygens (including phenoxy) is 1. The lowest BCUT2D eigenvalue weighted by molar-refractivity contribution is -0.121. The van der Waals surface area contributed by atoms with Crippen LogP contribution < -0.4 is 10.1 Å². The largest absolute Gasteiger partial charge is 0.491 e. The zero-order valence-corrected chi connectivity index (χ0v) is 12.8. The Balaban J connectivity index is 1.78. The van der Waals surface area contributed by atoms with E-state index in [0.29, 0.717) is 6.42 Å². The summed E-state index contributed by atoms with van der Waals surface area (Å²) in [5, 5.41) is 12.9. The van der Waals surface area contributed by atoms with Gasteiger partial charge in [0.2, 0.25) is 5.91 Å². The highest BCUT2D eigenvalue weighted by Crippen LogP contribution is 2.33. The molecule has 21 heavy (non-hydrogen) atoms. The van der Waals surface area contributed by atoms with Crippen molar-refractivity contribution >= 4 is 5.91 Å². The van der Waals surface area contributed by atoms with Gasteiger partial charge in [0, 0.05) is 13.0 Å². The van der Waals surface area contributed by atoms with Crippen molar-refractivity contribution in [2.45, 2.75) is 51.7 Å². The molecular formula is C17H25NO3. The Morgan fingerprint density at radius 3 is 2.86 bits per heavy atom. The van der Waals surface area contributed by atoms with Gasteiger partial charge in [0.05, 0.1) is 12.2 Å². The number of amides is 1. The molecule has 4 nitrogen and oxygen atoms in total. The highest BCUT2D eigenvalue weighted by atomic mass is 16.5. The van der Waals surface area contributed by atoms with E-state index in [1.165, 1.54) is 12.8 Å². The van der Waals surface area contributed by atoms with E-state index in [4.69, 9.17) is 4.74 Å². The third-order valence-corrected chi connectivity index (χ3v) is 3.58. The lowest BCUT2D eigenvalue weighted by Crippen LogP contribution is -2.28. The average Bonchev–Trinajstić information content (AvgIpc) is 3.26. The lowest BCUT2D eigenvalue weighted by Gasteiger charge is -2.15. The first-order valence-electron chi connectivity index (χ1n) is 7.76. The Hall–Kier alpha value is -1.55. The van der Waals surface area contributed by atoms with Gasteiger partial charge >= 0.3 is 0 Å². The van der Waals surface area contributed by atoms with Crippen LogP contribution in [0.4, 0.5) is 0 Å². The van der Waals surface area contributed by atoms with Crippen LogP contribution in [0.15, 0.2) is 24.3 Å². The Morgan fingerprint density at radius 2 is 2.19 bits per heavy atom. The summed E-state index contributed by atoms with van der Waals surface area (Å²) in [4.78, 5) is 11.7. The third kappa shape index (κ3) is 5.76. The molecule has 0 aliphatic heterocycles. The normalized spacial score (nSPS) is 15.8. The fraction of sp³-hybridized carbons (Fsp3) is 0.588. The molecule has 1 aromatic carbocycles. The predicted molar refractivity (Wildman–Crippen MR) is 82.1 cm³/mol. The number of carbonyl (C=O) groups is 1. The van der Waals surface area contributed by atoms with Crippen molar-refractivity contribution in [3.63, 3.8) is 0 Å². The van der Waals surface area contributed by atoms with Crippen molar-refractivity contribution in [1.29, 1.82) is 0 Å². The summed E-state index contributed by atoms with van der Waals surface area (Å²) in [6.07, 6.45) is 3.45. The second-order valence-corrected chi connectivity index (χ2v) is 6.04. The van der Waals surface area contributed by atoms with Crippen LogP contribution in [0.1, 0.15) is 51.2 Å². The summed E-state index contributed by atoms with van der Waals surface area (Å²) < 4.78 is 5.60. The number of benzene rings is 1. The predicted octanol–water partition coefficient (Wildman–Crippen LogP) is 2.81. The molecule has 0 bridgehead atoms. The van der Waals surface area contributed by atoms with Crippen molar-refractivity contribution in [2.24, 2.45) is 5.92 Å². The molecule has 1 aromatic rings. The van der Waals surface area contributed by atoms with E-state index in [1.54, 1.807) is 0 Å². The molecule has 1 unspecified atom stereocenters.